The number of carbonyl (C=O) groups excluding carboxylic acids is 3. The molecule has 2 aliphatic heterocycles. The average molecular weight is 290 g/mol. The molecule has 0 aromatic rings. The molecule has 4 N–H and O–H groups in total. The Bertz CT molecular complexity index is 508. The molecule has 0 spiro atoms. The Kier molecular flexibility index (Phi) is 3.28. The van der Waals surface area contributed by atoms with E-state index in [1.807, 2.05) is 0 Å². The minimum absolute atomic E-state index is 0.385. The topological polar surface area (TPSA) is 160 Å². The molecule has 0 aromatic carbocycles. The van der Waals surface area contributed by atoms with Gasteiger partial charge in [0.1, 0.15) is 0 Å². The SMILES string of the molecule is O=C1CCC(=O)O[C@@](O)([C@H]2OC(=O)C(O)=C2O)C(O)O1. The molecule has 1 fully saturated rings. The summed E-state index contributed by atoms with van der Waals surface area (Å²) in [6, 6.07) is 0. The summed E-state index contributed by atoms with van der Waals surface area (Å²) >= 11 is 0. The van der Waals surface area contributed by atoms with E-state index < -0.39 is 54.0 Å². The van der Waals surface area contributed by atoms with Gasteiger partial charge in [-0.2, -0.15) is 0 Å². The highest BCUT2D eigenvalue weighted by atomic mass is 16.7. The largest absolute Gasteiger partial charge is 0.505 e. The van der Waals surface area contributed by atoms with Gasteiger partial charge in [0.05, 0.1) is 12.8 Å². The molecule has 0 aliphatic carbocycles. The van der Waals surface area contributed by atoms with Crippen molar-refractivity contribution in [3.05, 3.63) is 11.5 Å². The number of rotatable bonds is 1. The molecule has 0 amide bonds. The molecule has 0 saturated carbocycles. The summed E-state index contributed by atoms with van der Waals surface area (Å²) in [7, 11) is 0. The van der Waals surface area contributed by atoms with Crippen LogP contribution >= 0.6 is 0 Å². The minimum Gasteiger partial charge on any atom is -0.505 e. The van der Waals surface area contributed by atoms with Crippen molar-refractivity contribution in [2.45, 2.75) is 31.0 Å². The van der Waals surface area contributed by atoms with Gasteiger partial charge in [0.15, 0.2) is 5.76 Å². The molecule has 3 atom stereocenters. The van der Waals surface area contributed by atoms with E-state index in [0.29, 0.717) is 0 Å². The Morgan fingerprint density at radius 1 is 1.05 bits per heavy atom. The van der Waals surface area contributed by atoms with E-state index in [1.54, 1.807) is 0 Å². The maximum absolute atomic E-state index is 11.4. The fraction of sp³-hybridized carbons (Fsp3) is 0.500. The Hall–Kier alpha value is -2.33. The van der Waals surface area contributed by atoms with Crippen molar-refractivity contribution < 1.29 is 49.0 Å². The second-order valence-corrected chi connectivity index (χ2v) is 4.09. The Labute approximate surface area is 110 Å². The third kappa shape index (κ3) is 2.14. The van der Waals surface area contributed by atoms with Gasteiger partial charge in [-0.05, 0) is 0 Å². The maximum Gasteiger partial charge on any atom is 0.378 e. The second-order valence-electron chi connectivity index (χ2n) is 4.09. The highest BCUT2D eigenvalue weighted by Crippen LogP contribution is 2.33. The van der Waals surface area contributed by atoms with Gasteiger partial charge < -0.3 is 34.6 Å². The lowest BCUT2D eigenvalue weighted by molar-refractivity contribution is -0.332. The molecule has 2 rings (SSSR count). The first-order valence-electron chi connectivity index (χ1n) is 5.40. The van der Waals surface area contributed by atoms with Crippen LogP contribution in [-0.4, -0.2) is 56.5 Å². The zero-order valence-corrected chi connectivity index (χ0v) is 9.81. The van der Waals surface area contributed by atoms with E-state index in [0.717, 1.165) is 0 Å². The summed E-state index contributed by atoms with van der Waals surface area (Å²) in [5.41, 5.74) is 0. The first-order chi connectivity index (χ1) is 9.25. The van der Waals surface area contributed by atoms with Gasteiger partial charge in [0.25, 0.3) is 6.29 Å². The second kappa shape index (κ2) is 4.65. The molecule has 10 nitrogen and oxygen atoms in total. The normalized spacial score (nSPS) is 35.0. The average Bonchev–Trinajstić information content (AvgIpc) is 2.63. The van der Waals surface area contributed by atoms with E-state index in [9.17, 15) is 29.7 Å². The molecule has 2 aliphatic rings. The van der Waals surface area contributed by atoms with Gasteiger partial charge in [-0.25, -0.2) is 4.79 Å². The molecular formula is C10H10O10. The van der Waals surface area contributed by atoms with Crippen LogP contribution in [0.25, 0.3) is 0 Å². The van der Waals surface area contributed by atoms with E-state index in [4.69, 9.17) is 5.11 Å². The van der Waals surface area contributed by atoms with Crippen LogP contribution in [0.15, 0.2) is 11.5 Å². The standard InChI is InChI=1S/C10H10O10/c11-3-1-2-4(12)20-10(17,9(16)18-3)7-5(13)6(14)8(15)19-7/h7,9,13-14,16-17H,1-2H2/t7-,9?,10-/m0/s1. The van der Waals surface area contributed by atoms with Crippen LogP contribution in [0.2, 0.25) is 0 Å². The monoisotopic (exact) mass is 290 g/mol. The van der Waals surface area contributed by atoms with Crippen LogP contribution in [-0.2, 0) is 28.6 Å². The first-order valence-corrected chi connectivity index (χ1v) is 5.40. The predicted molar refractivity (Wildman–Crippen MR) is 54.5 cm³/mol. The highest BCUT2D eigenvalue weighted by molar-refractivity contribution is 5.89. The molecule has 0 bridgehead atoms. The van der Waals surface area contributed by atoms with Crippen molar-refractivity contribution in [3.8, 4) is 0 Å². The molecule has 0 aromatic heterocycles. The van der Waals surface area contributed by atoms with Crippen LogP contribution in [0.1, 0.15) is 12.8 Å². The number of aliphatic hydroxyl groups excluding tert-OH is 3. The van der Waals surface area contributed by atoms with Gasteiger partial charge in [0, 0.05) is 0 Å². The quantitative estimate of drug-likeness (QED) is 0.318. The van der Waals surface area contributed by atoms with Gasteiger partial charge in [-0.1, -0.05) is 0 Å². The third-order valence-electron chi connectivity index (χ3n) is 2.69. The van der Waals surface area contributed by atoms with Gasteiger partial charge in [-0.15, -0.1) is 0 Å². The van der Waals surface area contributed by atoms with Crippen molar-refractivity contribution in [3.63, 3.8) is 0 Å². The van der Waals surface area contributed by atoms with Crippen LogP contribution in [0.3, 0.4) is 0 Å². The molecule has 10 heteroatoms. The van der Waals surface area contributed by atoms with Gasteiger partial charge >= 0.3 is 23.7 Å². The predicted octanol–water partition coefficient (Wildman–Crippen LogP) is -1.87. The van der Waals surface area contributed by atoms with Gasteiger partial charge in [0.2, 0.25) is 11.9 Å². The summed E-state index contributed by atoms with van der Waals surface area (Å²) in [6.45, 7) is 0. The summed E-state index contributed by atoms with van der Waals surface area (Å²) in [5.74, 6) is -8.97. The number of ether oxygens (including phenoxy) is 3. The van der Waals surface area contributed by atoms with Crippen molar-refractivity contribution in [1.29, 1.82) is 0 Å². The molecule has 1 saturated heterocycles. The molecule has 2 heterocycles. The number of hydrogen-bond donors (Lipinski definition) is 4. The Balaban J connectivity index is 2.37. The zero-order chi connectivity index (χ0) is 15.1. The van der Waals surface area contributed by atoms with Crippen LogP contribution in [0, 0.1) is 0 Å². The number of cyclic esters (lactones) is 3. The summed E-state index contributed by atoms with van der Waals surface area (Å²) < 4.78 is 13.3. The summed E-state index contributed by atoms with van der Waals surface area (Å²) in [4.78, 5) is 33.6. The first kappa shape index (κ1) is 14.1. The lowest BCUT2D eigenvalue weighted by Gasteiger charge is -2.35. The fourth-order valence-electron chi connectivity index (χ4n) is 1.67. The van der Waals surface area contributed by atoms with E-state index in [2.05, 4.69) is 14.2 Å². The molecule has 110 valence electrons. The molecule has 20 heavy (non-hydrogen) atoms. The van der Waals surface area contributed by atoms with Crippen LogP contribution < -0.4 is 0 Å². The van der Waals surface area contributed by atoms with E-state index in [1.165, 1.54) is 0 Å². The van der Waals surface area contributed by atoms with Crippen molar-refractivity contribution in [2.75, 3.05) is 0 Å². The van der Waals surface area contributed by atoms with Crippen LogP contribution in [0.4, 0.5) is 0 Å². The number of aliphatic hydroxyl groups is 4. The minimum atomic E-state index is -3.07. The summed E-state index contributed by atoms with van der Waals surface area (Å²) in [6.07, 6.45) is -5.39. The Morgan fingerprint density at radius 3 is 2.20 bits per heavy atom. The summed E-state index contributed by atoms with van der Waals surface area (Å²) in [5, 5.41) is 38.3. The third-order valence-corrected chi connectivity index (χ3v) is 2.69. The number of carbonyl (C=O) groups is 3. The van der Waals surface area contributed by atoms with Crippen molar-refractivity contribution >= 4 is 17.9 Å². The van der Waals surface area contributed by atoms with Crippen molar-refractivity contribution in [1.82, 2.24) is 0 Å². The molecule has 0 radical (unpaired) electrons. The maximum atomic E-state index is 11.4. The Morgan fingerprint density at radius 2 is 1.65 bits per heavy atom. The highest BCUT2D eigenvalue weighted by Gasteiger charge is 2.58. The van der Waals surface area contributed by atoms with E-state index >= 15 is 0 Å². The van der Waals surface area contributed by atoms with Crippen molar-refractivity contribution in [2.24, 2.45) is 0 Å². The molecular weight excluding hydrogens is 280 g/mol. The number of hydrogen-bond acceptors (Lipinski definition) is 10. The number of esters is 3. The van der Waals surface area contributed by atoms with E-state index in [-0.39, 0.29) is 6.42 Å². The smallest absolute Gasteiger partial charge is 0.378 e. The molecule has 1 unspecified atom stereocenters. The lowest BCUT2D eigenvalue weighted by Crippen LogP contribution is -2.58. The lowest BCUT2D eigenvalue weighted by atomic mass is 10.1. The van der Waals surface area contributed by atoms with Crippen LogP contribution in [0.5, 0.6) is 0 Å². The van der Waals surface area contributed by atoms with Gasteiger partial charge in [-0.3, -0.25) is 9.59 Å². The fourth-order valence-corrected chi connectivity index (χ4v) is 1.67. The zero-order valence-electron chi connectivity index (χ0n) is 9.81.